The van der Waals surface area contributed by atoms with Crippen LogP contribution >= 0.6 is 10.7 Å². The van der Waals surface area contributed by atoms with E-state index in [-0.39, 0.29) is 10.9 Å². The molecule has 1 heterocycles. The Morgan fingerprint density at radius 1 is 1.64 bits per heavy atom. The second-order valence-corrected chi connectivity index (χ2v) is 4.83. The molecule has 0 spiro atoms. The van der Waals surface area contributed by atoms with Gasteiger partial charge in [0.25, 0.3) is 9.05 Å². The van der Waals surface area contributed by atoms with Gasteiger partial charge in [-0.25, -0.2) is 8.42 Å². The van der Waals surface area contributed by atoms with Crippen LogP contribution < -0.4 is 5.48 Å². The molecular formula is C5H8ClNO3S. The Kier molecular flexibility index (Phi) is 2.13. The predicted octanol–water partition coefficient (Wildman–Crippen LogP) is 0.710. The average molecular weight is 198 g/mol. The van der Waals surface area contributed by atoms with E-state index in [9.17, 15) is 8.42 Å². The lowest BCUT2D eigenvalue weighted by atomic mass is 10.3. The van der Waals surface area contributed by atoms with Crippen molar-refractivity contribution in [2.24, 2.45) is 0 Å². The molecule has 0 saturated carbocycles. The van der Waals surface area contributed by atoms with E-state index in [4.69, 9.17) is 15.5 Å². The molecule has 6 heteroatoms. The summed E-state index contributed by atoms with van der Waals surface area (Å²) >= 11 is 0. The summed E-state index contributed by atoms with van der Waals surface area (Å²) in [5, 5.41) is 0. The number of nitrogens with one attached hydrogen (secondary N) is 1. The van der Waals surface area contributed by atoms with Gasteiger partial charge in [0.15, 0.2) is 0 Å². The molecule has 11 heavy (non-hydrogen) atoms. The first-order valence-corrected chi connectivity index (χ1v) is 5.31. The van der Waals surface area contributed by atoms with Crippen molar-refractivity contribution in [1.29, 1.82) is 0 Å². The normalized spacial score (nSPS) is 25.5. The molecule has 4 nitrogen and oxygen atoms in total. The fourth-order valence-electron chi connectivity index (χ4n) is 0.968. The van der Waals surface area contributed by atoms with Crippen LogP contribution in [0.2, 0.25) is 0 Å². The third-order valence-corrected chi connectivity index (χ3v) is 3.06. The van der Waals surface area contributed by atoms with E-state index in [1.807, 2.05) is 0 Å². The van der Waals surface area contributed by atoms with Crippen molar-refractivity contribution >= 4 is 19.7 Å². The van der Waals surface area contributed by atoms with Crippen LogP contribution in [-0.4, -0.2) is 14.5 Å². The summed E-state index contributed by atoms with van der Waals surface area (Å²) in [6, 6.07) is -0.363. The van der Waals surface area contributed by atoms with Gasteiger partial charge in [0.05, 0.1) is 6.04 Å². The molecule has 64 valence electrons. The van der Waals surface area contributed by atoms with Gasteiger partial charge >= 0.3 is 0 Å². The highest BCUT2D eigenvalue weighted by Crippen LogP contribution is 2.24. The highest BCUT2D eigenvalue weighted by Gasteiger charge is 2.30. The maximum absolute atomic E-state index is 10.8. The van der Waals surface area contributed by atoms with Gasteiger partial charge in [-0.2, -0.15) is 0 Å². The monoisotopic (exact) mass is 197 g/mol. The van der Waals surface area contributed by atoms with Gasteiger partial charge in [0.1, 0.15) is 10.7 Å². The van der Waals surface area contributed by atoms with Crippen LogP contribution in [0, 0.1) is 0 Å². The van der Waals surface area contributed by atoms with E-state index in [1.54, 1.807) is 13.8 Å². The Labute approximate surface area is 69.6 Å². The largest absolute Gasteiger partial charge is 0.412 e. The second-order valence-electron chi connectivity index (χ2n) is 2.30. The first-order chi connectivity index (χ1) is 4.93. The van der Waals surface area contributed by atoms with Crippen LogP contribution in [0.5, 0.6) is 0 Å². The molecule has 0 aliphatic carbocycles. The zero-order chi connectivity index (χ0) is 8.65. The Morgan fingerprint density at radius 3 is 2.36 bits per heavy atom. The number of hydroxylamine groups is 1. The highest BCUT2D eigenvalue weighted by molar-refractivity contribution is 8.16. The van der Waals surface area contributed by atoms with Crippen molar-refractivity contribution in [3.63, 3.8) is 0 Å². The van der Waals surface area contributed by atoms with E-state index in [1.165, 1.54) is 0 Å². The minimum absolute atomic E-state index is 0.110. The molecule has 1 aliphatic rings. The third kappa shape index (κ3) is 1.66. The van der Waals surface area contributed by atoms with E-state index in [0.29, 0.717) is 5.76 Å². The van der Waals surface area contributed by atoms with Crippen molar-refractivity contribution in [2.45, 2.75) is 19.9 Å². The van der Waals surface area contributed by atoms with Crippen LogP contribution in [0.3, 0.4) is 0 Å². The lowest BCUT2D eigenvalue weighted by molar-refractivity contribution is 0.121. The molecule has 0 fully saturated rings. The summed E-state index contributed by atoms with van der Waals surface area (Å²) in [7, 11) is 1.49. The van der Waals surface area contributed by atoms with Gasteiger partial charge in [0, 0.05) is 10.7 Å². The molecule has 0 amide bonds. The number of hydrogen-bond donors (Lipinski definition) is 1. The lowest BCUT2D eigenvalue weighted by Gasteiger charge is -2.01. The van der Waals surface area contributed by atoms with Crippen LogP contribution in [0.25, 0.3) is 0 Å². The van der Waals surface area contributed by atoms with Crippen molar-refractivity contribution in [3.8, 4) is 0 Å². The zero-order valence-corrected chi connectivity index (χ0v) is 7.66. The smallest absolute Gasteiger partial charge is 0.262 e. The molecule has 1 unspecified atom stereocenters. The van der Waals surface area contributed by atoms with Gasteiger partial charge in [0.2, 0.25) is 0 Å². The van der Waals surface area contributed by atoms with Crippen LogP contribution in [-0.2, 0) is 13.9 Å². The molecule has 1 aliphatic heterocycles. The number of hydrogen-bond acceptors (Lipinski definition) is 4. The van der Waals surface area contributed by atoms with E-state index in [0.717, 1.165) is 0 Å². The molecule has 0 aromatic heterocycles. The minimum atomic E-state index is -3.64. The summed E-state index contributed by atoms with van der Waals surface area (Å²) in [6.07, 6.45) is 0. The summed E-state index contributed by atoms with van der Waals surface area (Å²) < 4.78 is 21.7. The number of halogens is 1. The Balaban J connectivity index is 3.12. The fourth-order valence-corrected chi connectivity index (χ4v) is 2.55. The molecule has 1 rings (SSSR count). The Hall–Kier alpha value is -0.260. The van der Waals surface area contributed by atoms with E-state index < -0.39 is 9.05 Å². The molecule has 0 aromatic carbocycles. The topological polar surface area (TPSA) is 55.4 Å². The van der Waals surface area contributed by atoms with Crippen LogP contribution in [0.1, 0.15) is 13.8 Å². The zero-order valence-electron chi connectivity index (χ0n) is 6.09. The summed E-state index contributed by atoms with van der Waals surface area (Å²) in [4.78, 5) is 4.88. The predicted molar refractivity (Wildman–Crippen MR) is 41.2 cm³/mol. The summed E-state index contributed by atoms with van der Waals surface area (Å²) in [5.74, 6) is 0.313. The molecule has 1 N–H and O–H groups in total. The first-order valence-electron chi connectivity index (χ1n) is 3.00. The molecule has 1 atom stereocenters. The van der Waals surface area contributed by atoms with Gasteiger partial charge in [-0.05, 0) is 13.8 Å². The van der Waals surface area contributed by atoms with Crippen LogP contribution in [0.4, 0.5) is 0 Å². The lowest BCUT2D eigenvalue weighted by Crippen LogP contribution is -2.21. The molecule has 0 radical (unpaired) electrons. The minimum Gasteiger partial charge on any atom is -0.412 e. The molecule has 0 aromatic rings. The van der Waals surface area contributed by atoms with Gasteiger partial charge < -0.3 is 4.84 Å². The van der Waals surface area contributed by atoms with Crippen molar-refractivity contribution in [2.75, 3.05) is 0 Å². The number of allylic oxidation sites excluding steroid dienone is 1. The standard InChI is InChI=1S/C5H8ClNO3S/c1-3-5(11(6,8)9)4(2)10-7-3/h3,7H,1-2H3. The Bertz CT molecular complexity index is 295. The van der Waals surface area contributed by atoms with Crippen molar-refractivity contribution in [1.82, 2.24) is 5.48 Å². The van der Waals surface area contributed by atoms with Crippen molar-refractivity contribution in [3.05, 3.63) is 10.7 Å². The highest BCUT2D eigenvalue weighted by atomic mass is 35.7. The molecular weight excluding hydrogens is 190 g/mol. The summed E-state index contributed by atoms with van der Waals surface area (Å²) in [5.41, 5.74) is 2.49. The van der Waals surface area contributed by atoms with Gasteiger partial charge in [-0.15, -0.1) is 5.48 Å². The van der Waals surface area contributed by atoms with Gasteiger partial charge in [-0.1, -0.05) is 0 Å². The Morgan fingerprint density at radius 2 is 2.18 bits per heavy atom. The maximum atomic E-state index is 10.8. The molecule has 0 bridgehead atoms. The SMILES string of the molecule is CC1=C(S(=O)(=O)Cl)C(C)NO1. The average Bonchev–Trinajstić information content (AvgIpc) is 2.08. The van der Waals surface area contributed by atoms with E-state index >= 15 is 0 Å². The number of rotatable bonds is 1. The first kappa shape index (κ1) is 8.83. The fraction of sp³-hybridized carbons (Fsp3) is 0.600. The third-order valence-electron chi connectivity index (χ3n) is 1.39. The quantitative estimate of drug-likeness (QED) is 0.629. The van der Waals surface area contributed by atoms with Crippen molar-refractivity contribution < 1.29 is 13.3 Å². The molecule has 0 saturated heterocycles. The maximum Gasteiger partial charge on any atom is 0.262 e. The van der Waals surface area contributed by atoms with E-state index in [2.05, 4.69) is 5.48 Å². The second kappa shape index (κ2) is 2.66. The summed E-state index contributed by atoms with van der Waals surface area (Å²) in [6.45, 7) is 3.21. The van der Waals surface area contributed by atoms with Gasteiger partial charge in [-0.3, -0.25) is 0 Å². The van der Waals surface area contributed by atoms with Crippen LogP contribution in [0.15, 0.2) is 10.7 Å².